The summed E-state index contributed by atoms with van der Waals surface area (Å²) >= 11 is 0. The number of nitrogens with zero attached hydrogens (tertiary/aromatic N) is 2. The lowest BCUT2D eigenvalue weighted by atomic mass is 9.96. The first kappa shape index (κ1) is 10.4. The van der Waals surface area contributed by atoms with Crippen LogP contribution in [0, 0.1) is 5.92 Å². The van der Waals surface area contributed by atoms with Gasteiger partial charge in [0.1, 0.15) is 0 Å². The number of hydrogen-bond donors (Lipinski definition) is 1. The first-order chi connectivity index (χ1) is 7.40. The van der Waals surface area contributed by atoms with Crippen molar-refractivity contribution < 1.29 is 0 Å². The third kappa shape index (κ3) is 2.69. The summed E-state index contributed by atoms with van der Waals surface area (Å²) in [5.41, 5.74) is 1.26. The maximum Gasteiger partial charge on any atom is 0.0552 e. The van der Waals surface area contributed by atoms with Crippen LogP contribution in [0.3, 0.4) is 0 Å². The number of pyridine rings is 1. The van der Waals surface area contributed by atoms with E-state index in [1.807, 2.05) is 25.5 Å². The zero-order valence-electron chi connectivity index (χ0n) is 9.32. The summed E-state index contributed by atoms with van der Waals surface area (Å²) in [6, 6.07) is 4.15. The van der Waals surface area contributed by atoms with Crippen molar-refractivity contribution in [1.82, 2.24) is 10.3 Å². The van der Waals surface area contributed by atoms with E-state index in [-0.39, 0.29) is 0 Å². The Bertz CT molecular complexity index is 278. The van der Waals surface area contributed by atoms with Crippen LogP contribution in [0.15, 0.2) is 24.5 Å². The third-order valence-corrected chi connectivity index (χ3v) is 3.12. The Morgan fingerprint density at radius 1 is 1.47 bits per heavy atom. The molecule has 1 fully saturated rings. The highest BCUT2D eigenvalue weighted by molar-refractivity contribution is 5.43. The van der Waals surface area contributed by atoms with Crippen molar-refractivity contribution in [1.29, 1.82) is 0 Å². The Labute approximate surface area is 91.5 Å². The molecule has 82 valence electrons. The third-order valence-electron chi connectivity index (χ3n) is 3.12. The first-order valence-corrected chi connectivity index (χ1v) is 5.69. The van der Waals surface area contributed by atoms with Crippen LogP contribution in [0.25, 0.3) is 0 Å². The van der Waals surface area contributed by atoms with Gasteiger partial charge in [0.15, 0.2) is 0 Å². The van der Waals surface area contributed by atoms with Gasteiger partial charge in [0, 0.05) is 19.3 Å². The molecule has 3 heteroatoms. The Hall–Kier alpha value is -1.09. The number of rotatable bonds is 3. The summed E-state index contributed by atoms with van der Waals surface area (Å²) in [6.07, 6.45) is 6.36. The molecule has 0 unspecified atom stereocenters. The van der Waals surface area contributed by atoms with Crippen LogP contribution in [-0.4, -0.2) is 31.7 Å². The second-order valence-corrected chi connectivity index (χ2v) is 4.20. The molecular formula is C12H19N3. The molecule has 0 aromatic carbocycles. The summed E-state index contributed by atoms with van der Waals surface area (Å²) in [4.78, 5) is 6.59. The van der Waals surface area contributed by atoms with Crippen LogP contribution < -0.4 is 10.2 Å². The van der Waals surface area contributed by atoms with Gasteiger partial charge in [-0.1, -0.05) is 0 Å². The minimum Gasteiger partial charge on any atom is -0.370 e. The van der Waals surface area contributed by atoms with Crippen LogP contribution in [0.5, 0.6) is 0 Å². The highest BCUT2D eigenvalue weighted by atomic mass is 15.1. The topological polar surface area (TPSA) is 28.2 Å². The van der Waals surface area contributed by atoms with Crippen molar-refractivity contribution in [2.45, 2.75) is 12.8 Å². The number of nitrogens with one attached hydrogen (secondary N) is 1. The van der Waals surface area contributed by atoms with E-state index in [9.17, 15) is 0 Å². The number of hydrogen-bond acceptors (Lipinski definition) is 3. The fraction of sp³-hybridized carbons (Fsp3) is 0.583. The predicted octanol–water partition coefficient (Wildman–Crippen LogP) is 1.52. The second-order valence-electron chi connectivity index (χ2n) is 4.20. The Morgan fingerprint density at radius 2 is 2.27 bits per heavy atom. The van der Waals surface area contributed by atoms with E-state index in [1.165, 1.54) is 18.5 Å². The molecule has 0 aliphatic carbocycles. The molecule has 1 aliphatic heterocycles. The summed E-state index contributed by atoms with van der Waals surface area (Å²) in [5, 5.41) is 3.26. The van der Waals surface area contributed by atoms with Crippen LogP contribution in [-0.2, 0) is 0 Å². The van der Waals surface area contributed by atoms with Gasteiger partial charge in [-0.15, -0.1) is 0 Å². The zero-order valence-corrected chi connectivity index (χ0v) is 9.32. The Morgan fingerprint density at radius 3 is 2.87 bits per heavy atom. The van der Waals surface area contributed by atoms with E-state index in [4.69, 9.17) is 0 Å². The van der Waals surface area contributed by atoms with Crippen molar-refractivity contribution in [3.05, 3.63) is 24.5 Å². The molecule has 0 atom stereocenters. The van der Waals surface area contributed by atoms with E-state index in [0.29, 0.717) is 0 Å². The second kappa shape index (κ2) is 5.12. The van der Waals surface area contributed by atoms with E-state index in [0.717, 1.165) is 25.6 Å². The molecule has 1 aliphatic rings. The van der Waals surface area contributed by atoms with Crippen LogP contribution in [0.4, 0.5) is 5.69 Å². The smallest absolute Gasteiger partial charge is 0.0552 e. The maximum absolute atomic E-state index is 4.16. The van der Waals surface area contributed by atoms with E-state index in [1.54, 1.807) is 0 Å². The van der Waals surface area contributed by atoms with Crippen molar-refractivity contribution in [3.63, 3.8) is 0 Å². The monoisotopic (exact) mass is 205 g/mol. The number of piperidine rings is 1. The minimum absolute atomic E-state index is 0.850. The molecule has 0 amide bonds. The van der Waals surface area contributed by atoms with Gasteiger partial charge in [-0.2, -0.15) is 0 Å². The molecule has 0 bridgehead atoms. The van der Waals surface area contributed by atoms with Crippen molar-refractivity contribution in [2.75, 3.05) is 31.6 Å². The molecule has 1 aromatic heterocycles. The average molecular weight is 205 g/mol. The molecule has 1 saturated heterocycles. The van der Waals surface area contributed by atoms with E-state index in [2.05, 4.69) is 21.3 Å². The summed E-state index contributed by atoms with van der Waals surface area (Å²) in [7, 11) is 2.04. The summed E-state index contributed by atoms with van der Waals surface area (Å²) in [5.74, 6) is 0.850. The van der Waals surface area contributed by atoms with Gasteiger partial charge >= 0.3 is 0 Å². The standard InChI is InChI=1S/C12H19N3/c1-13-9-11-4-7-15(8-5-11)12-3-2-6-14-10-12/h2-3,6,10-11,13H,4-5,7-9H2,1H3. The van der Waals surface area contributed by atoms with Crippen molar-refractivity contribution in [3.8, 4) is 0 Å². The van der Waals surface area contributed by atoms with Gasteiger partial charge in [-0.05, 0) is 44.5 Å². The predicted molar refractivity (Wildman–Crippen MR) is 63.1 cm³/mol. The van der Waals surface area contributed by atoms with Crippen molar-refractivity contribution >= 4 is 5.69 Å². The quantitative estimate of drug-likeness (QED) is 0.811. The minimum atomic E-state index is 0.850. The molecule has 2 rings (SSSR count). The molecule has 2 heterocycles. The fourth-order valence-electron chi connectivity index (χ4n) is 2.22. The largest absolute Gasteiger partial charge is 0.370 e. The van der Waals surface area contributed by atoms with Gasteiger partial charge in [-0.3, -0.25) is 4.98 Å². The lowest BCUT2D eigenvalue weighted by molar-refractivity contribution is 0.393. The average Bonchev–Trinajstić information content (AvgIpc) is 2.32. The first-order valence-electron chi connectivity index (χ1n) is 5.69. The van der Waals surface area contributed by atoms with Gasteiger partial charge in [0.25, 0.3) is 0 Å². The normalized spacial score (nSPS) is 18.1. The van der Waals surface area contributed by atoms with E-state index >= 15 is 0 Å². The number of anilines is 1. The molecule has 1 aromatic rings. The molecule has 0 saturated carbocycles. The van der Waals surface area contributed by atoms with Gasteiger partial charge in [0.2, 0.25) is 0 Å². The molecule has 15 heavy (non-hydrogen) atoms. The van der Waals surface area contributed by atoms with Gasteiger partial charge in [0.05, 0.1) is 11.9 Å². The summed E-state index contributed by atoms with van der Waals surface area (Å²) in [6.45, 7) is 3.48. The fourth-order valence-corrected chi connectivity index (χ4v) is 2.22. The molecule has 0 radical (unpaired) electrons. The highest BCUT2D eigenvalue weighted by Crippen LogP contribution is 2.21. The molecule has 3 nitrogen and oxygen atoms in total. The van der Waals surface area contributed by atoms with Gasteiger partial charge < -0.3 is 10.2 Å². The van der Waals surface area contributed by atoms with Gasteiger partial charge in [-0.25, -0.2) is 0 Å². The van der Waals surface area contributed by atoms with Crippen LogP contribution in [0.1, 0.15) is 12.8 Å². The Kier molecular flexibility index (Phi) is 3.56. The maximum atomic E-state index is 4.16. The lowest BCUT2D eigenvalue weighted by Crippen LogP contribution is -2.36. The SMILES string of the molecule is CNCC1CCN(c2cccnc2)CC1. The highest BCUT2D eigenvalue weighted by Gasteiger charge is 2.18. The molecular weight excluding hydrogens is 186 g/mol. The van der Waals surface area contributed by atoms with Crippen LogP contribution >= 0.6 is 0 Å². The summed E-state index contributed by atoms with van der Waals surface area (Å²) < 4.78 is 0. The Balaban J connectivity index is 1.88. The lowest BCUT2D eigenvalue weighted by Gasteiger charge is -2.33. The molecule has 0 spiro atoms. The zero-order chi connectivity index (χ0) is 10.5. The van der Waals surface area contributed by atoms with Crippen LogP contribution in [0.2, 0.25) is 0 Å². The number of aromatic nitrogens is 1. The van der Waals surface area contributed by atoms with Crippen molar-refractivity contribution in [2.24, 2.45) is 5.92 Å². The molecule has 1 N–H and O–H groups in total. The van der Waals surface area contributed by atoms with E-state index < -0.39 is 0 Å².